The fourth-order valence-electron chi connectivity index (χ4n) is 2.47. The van der Waals surface area contributed by atoms with Crippen LogP contribution in [0.5, 0.6) is 0 Å². The van der Waals surface area contributed by atoms with E-state index in [0.29, 0.717) is 13.1 Å². The molecular formula is C16H22FN3O2. The Morgan fingerprint density at radius 1 is 1.27 bits per heavy atom. The van der Waals surface area contributed by atoms with Crippen molar-refractivity contribution in [2.75, 3.05) is 20.1 Å². The molecule has 0 radical (unpaired) electrons. The van der Waals surface area contributed by atoms with Crippen LogP contribution in [-0.2, 0) is 4.79 Å². The van der Waals surface area contributed by atoms with E-state index in [-0.39, 0.29) is 23.8 Å². The number of nitrogens with one attached hydrogen (secondary N) is 1. The minimum atomic E-state index is -0.835. The number of likely N-dealkylation sites (N-methyl/N-ethyl adjacent to an activating group) is 1. The van der Waals surface area contributed by atoms with E-state index >= 15 is 0 Å². The van der Waals surface area contributed by atoms with Crippen molar-refractivity contribution in [3.63, 3.8) is 0 Å². The fourth-order valence-corrected chi connectivity index (χ4v) is 2.47. The SMILES string of the molecule is C[C@H](c1ccc(F)cc1)N(C)CCN1C(=O)NC(C)(C)C1=O. The van der Waals surface area contributed by atoms with Crippen LogP contribution in [0.25, 0.3) is 0 Å². The van der Waals surface area contributed by atoms with E-state index in [1.165, 1.54) is 17.0 Å². The molecule has 1 aliphatic rings. The molecule has 1 aromatic rings. The number of benzene rings is 1. The molecule has 0 unspecified atom stereocenters. The monoisotopic (exact) mass is 307 g/mol. The first-order valence-electron chi connectivity index (χ1n) is 7.32. The average Bonchev–Trinajstić information content (AvgIpc) is 2.65. The fraction of sp³-hybridized carbons (Fsp3) is 0.500. The number of hydrogen-bond acceptors (Lipinski definition) is 3. The molecule has 0 spiro atoms. The molecule has 3 amide bonds. The van der Waals surface area contributed by atoms with Gasteiger partial charge in [-0.1, -0.05) is 12.1 Å². The highest BCUT2D eigenvalue weighted by atomic mass is 19.1. The third-order valence-electron chi connectivity index (χ3n) is 4.13. The summed E-state index contributed by atoms with van der Waals surface area (Å²) < 4.78 is 13.0. The van der Waals surface area contributed by atoms with Crippen LogP contribution in [0.3, 0.4) is 0 Å². The van der Waals surface area contributed by atoms with Crippen molar-refractivity contribution in [3.05, 3.63) is 35.6 Å². The maximum atomic E-state index is 13.0. The molecule has 22 heavy (non-hydrogen) atoms. The number of nitrogens with zero attached hydrogens (tertiary/aromatic N) is 2. The van der Waals surface area contributed by atoms with E-state index < -0.39 is 5.54 Å². The maximum absolute atomic E-state index is 13.0. The van der Waals surface area contributed by atoms with Gasteiger partial charge in [-0.2, -0.15) is 0 Å². The second-order valence-corrected chi connectivity index (χ2v) is 6.22. The smallest absolute Gasteiger partial charge is 0.324 e. The molecule has 1 atom stereocenters. The van der Waals surface area contributed by atoms with Gasteiger partial charge in [-0.3, -0.25) is 14.6 Å². The molecule has 5 nitrogen and oxygen atoms in total. The van der Waals surface area contributed by atoms with Gasteiger partial charge in [0, 0.05) is 19.1 Å². The van der Waals surface area contributed by atoms with Gasteiger partial charge in [0.2, 0.25) is 0 Å². The Morgan fingerprint density at radius 2 is 1.86 bits per heavy atom. The lowest BCUT2D eigenvalue weighted by Gasteiger charge is -2.26. The summed E-state index contributed by atoms with van der Waals surface area (Å²) in [5, 5.41) is 2.66. The Hall–Kier alpha value is -1.95. The van der Waals surface area contributed by atoms with Gasteiger partial charge in [-0.15, -0.1) is 0 Å². The predicted molar refractivity (Wildman–Crippen MR) is 81.8 cm³/mol. The molecule has 2 rings (SSSR count). The lowest BCUT2D eigenvalue weighted by Crippen LogP contribution is -2.41. The van der Waals surface area contributed by atoms with Gasteiger partial charge in [0.1, 0.15) is 11.4 Å². The number of urea groups is 1. The molecule has 0 aromatic heterocycles. The zero-order valence-corrected chi connectivity index (χ0v) is 13.4. The van der Waals surface area contributed by atoms with E-state index in [1.54, 1.807) is 26.0 Å². The molecular weight excluding hydrogens is 285 g/mol. The van der Waals surface area contributed by atoms with Gasteiger partial charge < -0.3 is 5.32 Å². The molecule has 1 N–H and O–H groups in total. The Labute approximate surface area is 130 Å². The van der Waals surface area contributed by atoms with Crippen LogP contribution in [0, 0.1) is 5.82 Å². The molecule has 1 aromatic carbocycles. The molecule has 120 valence electrons. The first-order valence-corrected chi connectivity index (χ1v) is 7.32. The Kier molecular flexibility index (Phi) is 4.51. The standard InChI is InChI=1S/C16H22FN3O2/c1-11(12-5-7-13(17)8-6-12)19(4)9-10-20-14(21)16(2,3)18-15(20)22/h5-8,11H,9-10H2,1-4H3,(H,18,22)/t11-/m1/s1. The van der Waals surface area contributed by atoms with E-state index in [4.69, 9.17) is 0 Å². The minimum Gasteiger partial charge on any atom is -0.324 e. The van der Waals surface area contributed by atoms with Crippen molar-refractivity contribution in [2.45, 2.75) is 32.4 Å². The first-order chi connectivity index (χ1) is 10.2. The van der Waals surface area contributed by atoms with Gasteiger partial charge >= 0.3 is 6.03 Å². The second-order valence-electron chi connectivity index (χ2n) is 6.22. The maximum Gasteiger partial charge on any atom is 0.325 e. The molecule has 1 heterocycles. The molecule has 1 aliphatic heterocycles. The van der Waals surface area contributed by atoms with E-state index in [1.807, 2.05) is 18.9 Å². The number of halogens is 1. The number of imide groups is 1. The number of rotatable bonds is 5. The second kappa shape index (κ2) is 6.04. The predicted octanol–water partition coefficient (Wildman–Crippen LogP) is 2.15. The van der Waals surface area contributed by atoms with Crippen molar-refractivity contribution in [2.24, 2.45) is 0 Å². The van der Waals surface area contributed by atoms with Crippen molar-refractivity contribution in [1.82, 2.24) is 15.1 Å². The molecule has 6 heteroatoms. The summed E-state index contributed by atoms with van der Waals surface area (Å²) in [5.41, 5.74) is 0.152. The van der Waals surface area contributed by atoms with Crippen LogP contribution < -0.4 is 5.32 Å². The van der Waals surface area contributed by atoms with Crippen LogP contribution in [0.2, 0.25) is 0 Å². The van der Waals surface area contributed by atoms with E-state index in [0.717, 1.165) is 5.56 Å². The van der Waals surface area contributed by atoms with Crippen molar-refractivity contribution >= 4 is 11.9 Å². The van der Waals surface area contributed by atoms with Gasteiger partial charge in [0.25, 0.3) is 5.91 Å². The summed E-state index contributed by atoms with van der Waals surface area (Å²) in [6, 6.07) is 6.06. The highest BCUT2D eigenvalue weighted by Crippen LogP contribution is 2.20. The van der Waals surface area contributed by atoms with Crippen LogP contribution in [0.1, 0.15) is 32.4 Å². The topological polar surface area (TPSA) is 52.6 Å². The highest BCUT2D eigenvalue weighted by Gasteiger charge is 2.43. The summed E-state index contributed by atoms with van der Waals surface area (Å²) >= 11 is 0. The summed E-state index contributed by atoms with van der Waals surface area (Å²) in [6.45, 7) is 6.27. The minimum absolute atomic E-state index is 0.0642. The Morgan fingerprint density at radius 3 is 2.36 bits per heavy atom. The van der Waals surface area contributed by atoms with Gasteiger partial charge in [-0.05, 0) is 45.5 Å². The molecule has 0 saturated carbocycles. The Balaban J connectivity index is 1.95. The summed E-state index contributed by atoms with van der Waals surface area (Å²) in [7, 11) is 1.91. The third kappa shape index (κ3) is 3.27. The van der Waals surface area contributed by atoms with Gasteiger partial charge in [0.05, 0.1) is 0 Å². The number of carbonyl (C=O) groups excluding carboxylic acids is 2. The molecule has 1 fully saturated rings. The van der Waals surface area contributed by atoms with Gasteiger partial charge in [-0.25, -0.2) is 9.18 Å². The van der Waals surface area contributed by atoms with Crippen LogP contribution >= 0.6 is 0 Å². The average molecular weight is 307 g/mol. The highest BCUT2D eigenvalue weighted by molar-refractivity contribution is 6.06. The summed E-state index contributed by atoms with van der Waals surface area (Å²) in [4.78, 5) is 27.2. The van der Waals surface area contributed by atoms with E-state index in [2.05, 4.69) is 5.32 Å². The van der Waals surface area contributed by atoms with Crippen molar-refractivity contribution in [1.29, 1.82) is 0 Å². The summed E-state index contributed by atoms with van der Waals surface area (Å²) in [6.07, 6.45) is 0. The molecule has 0 bridgehead atoms. The van der Waals surface area contributed by atoms with Crippen LogP contribution in [0.15, 0.2) is 24.3 Å². The normalized spacial score (nSPS) is 18.7. The largest absolute Gasteiger partial charge is 0.325 e. The van der Waals surface area contributed by atoms with Gasteiger partial charge in [0.15, 0.2) is 0 Å². The first kappa shape index (κ1) is 16.4. The zero-order chi connectivity index (χ0) is 16.5. The van der Waals surface area contributed by atoms with Crippen LogP contribution in [0.4, 0.5) is 9.18 Å². The van der Waals surface area contributed by atoms with Crippen LogP contribution in [-0.4, -0.2) is 47.4 Å². The molecule has 0 aliphatic carbocycles. The lowest BCUT2D eigenvalue weighted by atomic mass is 10.1. The number of amides is 3. The number of hydrogen-bond donors (Lipinski definition) is 1. The number of carbonyl (C=O) groups is 2. The quantitative estimate of drug-likeness (QED) is 0.848. The third-order valence-corrected chi connectivity index (χ3v) is 4.13. The summed E-state index contributed by atoms with van der Waals surface area (Å²) in [5.74, 6) is -0.472. The van der Waals surface area contributed by atoms with Crippen molar-refractivity contribution in [3.8, 4) is 0 Å². The Bertz CT molecular complexity index is 571. The zero-order valence-electron chi connectivity index (χ0n) is 13.4. The lowest BCUT2D eigenvalue weighted by molar-refractivity contribution is -0.130. The van der Waals surface area contributed by atoms with E-state index in [9.17, 15) is 14.0 Å². The van der Waals surface area contributed by atoms with Crippen molar-refractivity contribution < 1.29 is 14.0 Å². The molecule has 1 saturated heterocycles.